The minimum Gasteiger partial charge on any atom is -0.494 e. The number of H-pyrrole nitrogens is 1. The Kier molecular flexibility index (Phi) is 5.20. The third-order valence-electron chi connectivity index (χ3n) is 5.18. The van der Waals surface area contributed by atoms with Crippen molar-refractivity contribution in [3.8, 4) is 5.75 Å². The molecular weight excluding hydrogens is 344 g/mol. The predicted molar refractivity (Wildman–Crippen MR) is 107 cm³/mol. The van der Waals surface area contributed by atoms with Crippen molar-refractivity contribution < 1.29 is 9.53 Å². The Morgan fingerprint density at radius 1 is 1.44 bits per heavy atom. The van der Waals surface area contributed by atoms with Crippen molar-refractivity contribution in [2.45, 2.75) is 13.0 Å². The molecule has 0 radical (unpaired) electrons. The molecule has 8 heteroatoms. The van der Waals surface area contributed by atoms with Gasteiger partial charge in [-0.1, -0.05) is 13.2 Å². The van der Waals surface area contributed by atoms with E-state index in [0.29, 0.717) is 52.9 Å². The molecule has 0 bridgehead atoms. The molecule has 27 heavy (non-hydrogen) atoms. The highest BCUT2D eigenvalue weighted by molar-refractivity contribution is 6.22. The summed E-state index contributed by atoms with van der Waals surface area (Å²) in [6.45, 7) is 12.2. The number of nitrogens with one attached hydrogen (secondary N) is 2. The van der Waals surface area contributed by atoms with Crippen molar-refractivity contribution >= 4 is 28.1 Å². The number of fused-ring (bicyclic) bond motifs is 1. The first-order valence-corrected chi connectivity index (χ1v) is 8.77. The second kappa shape index (κ2) is 7.42. The van der Waals surface area contributed by atoms with Crippen LogP contribution in [0, 0.1) is 0 Å². The molecule has 8 nitrogen and oxygen atoms in total. The number of aromatic nitrogens is 2. The van der Waals surface area contributed by atoms with Gasteiger partial charge in [-0.15, -0.1) is 0 Å². The van der Waals surface area contributed by atoms with Gasteiger partial charge in [0.05, 0.1) is 29.9 Å². The van der Waals surface area contributed by atoms with Crippen LogP contribution in [0.25, 0.3) is 22.2 Å². The highest BCUT2D eigenvalue weighted by Crippen LogP contribution is 2.35. The van der Waals surface area contributed by atoms with E-state index in [1.807, 2.05) is 4.90 Å². The van der Waals surface area contributed by atoms with Crippen molar-refractivity contribution in [1.82, 2.24) is 25.2 Å². The molecule has 0 spiro atoms. The normalized spacial score (nSPS) is 17.8. The fourth-order valence-corrected chi connectivity index (χ4v) is 3.35. The minimum atomic E-state index is -0.0768. The van der Waals surface area contributed by atoms with Crippen molar-refractivity contribution in [3.05, 3.63) is 36.8 Å². The van der Waals surface area contributed by atoms with Gasteiger partial charge in [0.15, 0.2) is 0 Å². The van der Waals surface area contributed by atoms with Crippen LogP contribution in [0.4, 0.5) is 0 Å². The standard InChI is InChI=1S/C19H26N6O2/c1-11-10-25(7-6-24(11)4)19(26)12(2)14-8-21-18-16(14)15(27-5)9-22-17(18)13(3)23-20/h8-9,11,21,23H,2-3,6-7,10,20H2,1,4-5H3/t11-/m1/s1. The number of methoxy groups -OCH3 is 1. The summed E-state index contributed by atoms with van der Waals surface area (Å²) in [6.07, 6.45) is 3.34. The molecule has 2 aromatic heterocycles. The third kappa shape index (κ3) is 3.29. The molecular formula is C19H26N6O2. The van der Waals surface area contributed by atoms with Gasteiger partial charge in [-0.05, 0) is 14.0 Å². The molecule has 1 fully saturated rings. The zero-order chi connectivity index (χ0) is 19.7. The van der Waals surface area contributed by atoms with Crippen molar-refractivity contribution in [1.29, 1.82) is 0 Å². The van der Waals surface area contributed by atoms with Gasteiger partial charge in [0.1, 0.15) is 11.4 Å². The van der Waals surface area contributed by atoms with E-state index < -0.39 is 0 Å². The van der Waals surface area contributed by atoms with Gasteiger partial charge in [0.2, 0.25) is 0 Å². The van der Waals surface area contributed by atoms with Gasteiger partial charge in [-0.2, -0.15) is 0 Å². The molecule has 144 valence electrons. The van der Waals surface area contributed by atoms with E-state index >= 15 is 0 Å². The number of likely N-dealkylation sites (N-methyl/N-ethyl adjacent to an activating group) is 1. The quantitative estimate of drug-likeness (QED) is 0.415. The Balaban J connectivity index is 2.00. The zero-order valence-electron chi connectivity index (χ0n) is 16.0. The summed E-state index contributed by atoms with van der Waals surface area (Å²) in [7, 11) is 3.63. The van der Waals surface area contributed by atoms with Crippen LogP contribution in [0.3, 0.4) is 0 Å². The van der Waals surface area contributed by atoms with Crippen molar-refractivity contribution in [2.24, 2.45) is 5.84 Å². The first kappa shape index (κ1) is 18.9. The Morgan fingerprint density at radius 2 is 2.19 bits per heavy atom. The first-order valence-electron chi connectivity index (χ1n) is 8.77. The Morgan fingerprint density at radius 3 is 2.81 bits per heavy atom. The number of ether oxygens (including phenoxy) is 1. The molecule has 1 saturated heterocycles. The summed E-state index contributed by atoms with van der Waals surface area (Å²) in [5, 5.41) is 0.736. The Labute approximate surface area is 158 Å². The highest BCUT2D eigenvalue weighted by Gasteiger charge is 2.28. The smallest absolute Gasteiger partial charge is 0.254 e. The SMILES string of the molecule is C=C(NN)c1ncc(OC)c2c(C(=C)C(=O)N3CCN(C)[C@H](C)C3)c[nH]c12. The maximum atomic E-state index is 13.1. The van der Waals surface area contributed by atoms with Crippen LogP contribution in [0.5, 0.6) is 5.75 Å². The van der Waals surface area contributed by atoms with Crippen LogP contribution in [0.1, 0.15) is 18.2 Å². The average molecular weight is 370 g/mol. The third-order valence-corrected chi connectivity index (χ3v) is 5.18. The molecule has 1 atom stereocenters. The number of hydrogen-bond acceptors (Lipinski definition) is 6. The Bertz CT molecular complexity index is 903. The molecule has 4 N–H and O–H groups in total. The number of piperazine rings is 1. The minimum absolute atomic E-state index is 0.0768. The van der Waals surface area contributed by atoms with Gasteiger partial charge in [-0.3, -0.25) is 10.6 Å². The van der Waals surface area contributed by atoms with Gasteiger partial charge in [-0.25, -0.2) is 4.98 Å². The summed E-state index contributed by atoms with van der Waals surface area (Å²) in [6, 6.07) is 0.308. The molecule has 0 saturated carbocycles. The van der Waals surface area contributed by atoms with Crippen LogP contribution in [0.2, 0.25) is 0 Å². The maximum Gasteiger partial charge on any atom is 0.254 e. The van der Waals surface area contributed by atoms with Gasteiger partial charge in [0, 0.05) is 43.0 Å². The molecule has 2 aromatic rings. The number of nitrogens with two attached hydrogens (primary N) is 1. The van der Waals surface area contributed by atoms with Crippen molar-refractivity contribution in [2.75, 3.05) is 33.8 Å². The molecule has 3 heterocycles. The zero-order valence-corrected chi connectivity index (χ0v) is 16.0. The second-order valence-electron chi connectivity index (χ2n) is 6.81. The number of aromatic amines is 1. The predicted octanol–water partition coefficient (Wildman–Crippen LogP) is 1.18. The molecule has 3 rings (SSSR count). The molecule has 1 aliphatic rings. The monoisotopic (exact) mass is 370 g/mol. The van der Waals surface area contributed by atoms with Crippen LogP contribution in [-0.2, 0) is 4.79 Å². The van der Waals surface area contributed by atoms with Gasteiger partial charge < -0.3 is 24.9 Å². The van der Waals surface area contributed by atoms with Gasteiger partial charge >= 0.3 is 0 Å². The van der Waals surface area contributed by atoms with Crippen LogP contribution in [-0.4, -0.2) is 65.5 Å². The fourth-order valence-electron chi connectivity index (χ4n) is 3.35. The lowest BCUT2D eigenvalue weighted by Crippen LogP contribution is -2.52. The second-order valence-corrected chi connectivity index (χ2v) is 6.81. The van der Waals surface area contributed by atoms with Crippen molar-refractivity contribution in [3.63, 3.8) is 0 Å². The lowest BCUT2D eigenvalue weighted by Gasteiger charge is -2.38. The Hall–Kier alpha value is -2.84. The average Bonchev–Trinajstić information content (AvgIpc) is 3.12. The van der Waals surface area contributed by atoms with E-state index in [4.69, 9.17) is 10.6 Å². The molecule has 0 unspecified atom stereocenters. The van der Waals surface area contributed by atoms with E-state index in [1.54, 1.807) is 19.5 Å². The van der Waals surface area contributed by atoms with Crippen LogP contribution >= 0.6 is 0 Å². The van der Waals surface area contributed by atoms with E-state index in [2.05, 4.69) is 47.4 Å². The number of hydrogen-bond donors (Lipinski definition) is 3. The summed E-state index contributed by atoms with van der Waals surface area (Å²) in [5.41, 5.74) is 5.33. The number of carbonyl (C=O) groups excluding carboxylic acids is 1. The summed E-state index contributed by atoms with van der Waals surface area (Å²) in [5.74, 6) is 5.96. The lowest BCUT2D eigenvalue weighted by atomic mass is 10.0. The number of nitrogens with zero attached hydrogens (tertiary/aromatic N) is 3. The molecule has 0 aromatic carbocycles. The van der Waals surface area contributed by atoms with Crippen LogP contribution in [0.15, 0.2) is 25.6 Å². The van der Waals surface area contributed by atoms with Crippen LogP contribution < -0.4 is 16.0 Å². The van der Waals surface area contributed by atoms with E-state index in [9.17, 15) is 4.79 Å². The summed E-state index contributed by atoms with van der Waals surface area (Å²) in [4.78, 5) is 24.7. The highest BCUT2D eigenvalue weighted by atomic mass is 16.5. The fraction of sp³-hybridized carbons (Fsp3) is 0.368. The number of carbonyl (C=O) groups is 1. The van der Waals surface area contributed by atoms with E-state index in [-0.39, 0.29) is 5.91 Å². The number of pyridine rings is 1. The topological polar surface area (TPSA) is 99.5 Å². The number of rotatable bonds is 5. The maximum absolute atomic E-state index is 13.1. The molecule has 1 amide bonds. The molecule has 0 aliphatic carbocycles. The molecule has 1 aliphatic heterocycles. The van der Waals surface area contributed by atoms with E-state index in [1.165, 1.54) is 0 Å². The largest absolute Gasteiger partial charge is 0.494 e. The van der Waals surface area contributed by atoms with E-state index in [0.717, 1.165) is 11.9 Å². The summed E-state index contributed by atoms with van der Waals surface area (Å²) < 4.78 is 5.46. The number of amides is 1. The first-order chi connectivity index (χ1) is 12.9. The lowest BCUT2D eigenvalue weighted by molar-refractivity contribution is -0.127. The van der Waals surface area contributed by atoms with Gasteiger partial charge in [0.25, 0.3) is 5.91 Å². The number of hydrazine groups is 1. The summed E-state index contributed by atoms with van der Waals surface area (Å²) >= 11 is 0.